The molecule has 0 aliphatic heterocycles. The van der Waals surface area contributed by atoms with Gasteiger partial charge in [-0.1, -0.05) is 0 Å². The third-order valence-electron chi connectivity index (χ3n) is 3.11. The molecule has 0 unspecified atom stereocenters. The molecule has 0 aromatic heterocycles. The fourth-order valence-corrected chi connectivity index (χ4v) is 2.18. The normalized spacial score (nSPS) is 26.1. The number of carbonyl (C=O) groups excluding carboxylic acids is 1. The number of ether oxygens (including phenoxy) is 1. The first-order valence-electron chi connectivity index (χ1n) is 6.14. The summed E-state index contributed by atoms with van der Waals surface area (Å²) < 4.78 is 5.13. The monoisotopic (exact) mass is 228 g/mol. The smallest absolute Gasteiger partial charge is 0.320 e. The molecule has 1 fully saturated rings. The van der Waals surface area contributed by atoms with Crippen LogP contribution in [0.3, 0.4) is 0 Å². The molecule has 0 atom stereocenters. The van der Waals surface area contributed by atoms with E-state index in [1.54, 1.807) is 0 Å². The number of hydrogen-bond donors (Lipinski definition) is 1. The maximum Gasteiger partial charge on any atom is 0.320 e. The molecular weight excluding hydrogens is 204 g/mol. The third kappa shape index (κ3) is 4.49. The van der Waals surface area contributed by atoms with Crippen molar-refractivity contribution < 1.29 is 9.53 Å². The lowest BCUT2D eigenvalue weighted by Gasteiger charge is -2.32. The lowest BCUT2D eigenvalue weighted by Crippen LogP contribution is -2.41. The lowest BCUT2D eigenvalue weighted by molar-refractivity contribution is -0.149. The van der Waals surface area contributed by atoms with Gasteiger partial charge >= 0.3 is 5.97 Å². The number of hydrogen-bond acceptors (Lipinski definition) is 4. The van der Waals surface area contributed by atoms with Crippen LogP contribution in [0.1, 0.15) is 39.5 Å². The summed E-state index contributed by atoms with van der Waals surface area (Å²) in [5, 5.41) is 0. The van der Waals surface area contributed by atoms with Crippen LogP contribution in [0.4, 0.5) is 0 Å². The summed E-state index contributed by atoms with van der Waals surface area (Å²) >= 11 is 0. The van der Waals surface area contributed by atoms with Crippen molar-refractivity contribution in [2.45, 2.75) is 57.7 Å². The van der Waals surface area contributed by atoms with E-state index in [1.165, 1.54) is 0 Å². The van der Waals surface area contributed by atoms with Crippen LogP contribution in [0.2, 0.25) is 0 Å². The van der Waals surface area contributed by atoms with E-state index in [2.05, 4.69) is 4.90 Å². The van der Waals surface area contributed by atoms with Gasteiger partial charge in [-0.25, -0.2) is 0 Å². The molecule has 2 N–H and O–H groups in total. The van der Waals surface area contributed by atoms with Crippen LogP contribution >= 0.6 is 0 Å². The van der Waals surface area contributed by atoms with Gasteiger partial charge in [0.2, 0.25) is 0 Å². The molecule has 0 aromatic rings. The molecule has 0 aromatic carbocycles. The Labute approximate surface area is 98.1 Å². The van der Waals surface area contributed by atoms with Gasteiger partial charge in [0.1, 0.15) is 0 Å². The summed E-state index contributed by atoms with van der Waals surface area (Å²) in [6.45, 7) is 4.13. The Morgan fingerprint density at radius 1 is 1.38 bits per heavy atom. The van der Waals surface area contributed by atoms with Crippen molar-refractivity contribution in [3.63, 3.8) is 0 Å². The van der Waals surface area contributed by atoms with Crippen molar-refractivity contribution in [1.82, 2.24) is 4.90 Å². The third-order valence-corrected chi connectivity index (χ3v) is 3.11. The van der Waals surface area contributed by atoms with Crippen LogP contribution in [0, 0.1) is 0 Å². The van der Waals surface area contributed by atoms with Crippen LogP contribution in [0.5, 0.6) is 0 Å². The molecule has 0 saturated heterocycles. The molecule has 0 spiro atoms. The predicted molar refractivity (Wildman–Crippen MR) is 64.1 cm³/mol. The molecular formula is C12H24N2O2. The minimum absolute atomic E-state index is 0.0271. The Kier molecular flexibility index (Phi) is 5.22. The Hall–Kier alpha value is -0.610. The largest absolute Gasteiger partial charge is 0.462 e. The van der Waals surface area contributed by atoms with Crippen LogP contribution < -0.4 is 5.73 Å². The topological polar surface area (TPSA) is 55.6 Å². The molecule has 0 amide bonds. The quantitative estimate of drug-likeness (QED) is 0.733. The minimum atomic E-state index is -0.132. The van der Waals surface area contributed by atoms with Crippen LogP contribution in [-0.2, 0) is 9.53 Å². The van der Waals surface area contributed by atoms with E-state index in [0.717, 1.165) is 25.7 Å². The second-order valence-electron chi connectivity index (χ2n) is 5.02. The second kappa shape index (κ2) is 6.21. The van der Waals surface area contributed by atoms with Gasteiger partial charge in [0, 0.05) is 12.1 Å². The molecule has 0 radical (unpaired) electrons. The van der Waals surface area contributed by atoms with E-state index in [0.29, 0.717) is 18.6 Å². The molecule has 1 aliphatic rings. The first kappa shape index (κ1) is 13.5. The summed E-state index contributed by atoms with van der Waals surface area (Å²) in [7, 11) is 1.99. The van der Waals surface area contributed by atoms with Crippen molar-refractivity contribution in [2.24, 2.45) is 5.73 Å². The first-order chi connectivity index (χ1) is 7.49. The van der Waals surface area contributed by atoms with Gasteiger partial charge < -0.3 is 10.5 Å². The fraction of sp³-hybridized carbons (Fsp3) is 0.917. The Morgan fingerprint density at radius 2 is 1.94 bits per heavy atom. The number of nitrogens with two attached hydrogens (primary N) is 1. The molecule has 0 heterocycles. The van der Waals surface area contributed by atoms with Gasteiger partial charge in [-0.15, -0.1) is 0 Å². The molecule has 1 saturated carbocycles. The number of carbonyl (C=O) groups is 1. The summed E-state index contributed by atoms with van der Waals surface area (Å²) in [5.74, 6) is -0.132. The summed E-state index contributed by atoms with van der Waals surface area (Å²) in [5.41, 5.74) is 5.85. The van der Waals surface area contributed by atoms with Gasteiger partial charge in [0.25, 0.3) is 0 Å². The van der Waals surface area contributed by atoms with Crippen molar-refractivity contribution >= 4 is 5.97 Å². The van der Waals surface area contributed by atoms with E-state index in [9.17, 15) is 4.79 Å². The van der Waals surface area contributed by atoms with Crippen LogP contribution in [0.15, 0.2) is 0 Å². The van der Waals surface area contributed by atoms with E-state index in [4.69, 9.17) is 10.5 Å². The maximum absolute atomic E-state index is 11.5. The zero-order valence-corrected chi connectivity index (χ0v) is 10.6. The maximum atomic E-state index is 11.5. The van der Waals surface area contributed by atoms with Gasteiger partial charge in [-0.2, -0.15) is 0 Å². The summed E-state index contributed by atoms with van der Waals surface area (Å²) in [6, 6.07) is 0.840. The van der Waals surface area contributed by atoms with Crippen molar-refractivity contribution in [3.05, 3.63) is 0 Å². The zero-order chi connectivity index (χ0) is 12.1. The number of likely N-dealkylation sites (N-methyl/N-ethyl adjacent to an activating group) is 1. The number of nitrogens with zero attached hydrogens (tertiary/aromatic N) is 1. The van der Waals surface area contributed by atoms with Gasteiger partial charge in [-0.05, 0) is 46.6 Å². The first-order valence-corrected chi connectivity index (χ1v) is 6.14. The second-order valence-corrected chi connectivity index (χ2v) is 5.02. The van der Waals surface area contributed by atoms with Crippen LogP contribution in [-0.4, -0.2) is 42.6 Å². The highest BCUT2D eigenvalue weighted by Gasteiger charge is 2.23. The average Bonchev–Trinajstić information content (AvgIpc) is 2.16. The molecule has 1 rings (SSSR count). The predicted octanol–water partition coefficient (Wildman–Crippen LogP) is 1.14. The molecule has 4 nitrogen and oxygen atoms in total. The SMILES string of the molecule is CC(C)OC(=O)CN(C)C1CCC(N)CC1. The zero-order valence-electron chi connectivity index (χ0n) is 10.6. The highest BCUT2D eigenvalue weighted by atomic mass is 16.5. The summed E-state index contributed by atoms with van der Waals surface area (Å²) in [6.07, 6.45) is 4.28. The van der Waals surface area contributed by atoms with E-state index < -0.39 is 0 Å². The molecule has 94 valence electrons. The lowest BCUT2D eigenvalue weighted by atomic mass is 9.91. The van der Waals surface area contributed by atoms with E-state index in [-0.39, 0.29) is 12.1 Å². The van der Waals surface area contributed by atoms with E-state index >= 15 is 0 Å². The number of esters is 1. The highest BCUT2D eigenvalue weighted by molar-refractivity contribution is 5.71. The molecule has 4 heteroatoms. The molecule has 1 aliphatic carbocycles. The average molecular weight is 228 g/mol. The van der Waals surface area contributed by atoms with Crippen LogP contribution in [0.25, 0.3) is 0 Å². The fourth-order valence-electron chi connectivity index (χ4n) is 2.18. The van der Waals surface area contributed by atoms with Gasteiger partial charge in [0.05, 0.1) is 12.6 Å². The molecule has 0 bridgehead atoms. The van der Waals surface area contributed by atoms with Gasteiger partial charge in [-0.3, -0.25) is 9.69 Å². The van der Waals surface area contributed by atoms with E-state index in [1.807, 2.05) is 20.9 Å². The van der Waals surface area contributed by atoms with Crippen molar-refractivity contribution in [3.8, 4) is 0 Å². The van der Waals surface area contributed by atoms with Gasteiger partial charge in [0.15, 0.2) is 0 Å². The highest BCUT2D eigenvalue weighted by Crippen LogP contribution is 2.20. The minimum Gasteiger partial charge on any atom is -0.462 e. The Balaban J connectivity index is 2.29. The molecule has 16 heavy (non-hydrogen) atoms. The van der Waals surface area contributed by atoms with Crippen molar-refractivity contribution in [1.29, 1.82) is 0 Å². The number of rotatable bonds is 4. The standard InChI is InChI=1S/C12H24N2O2/c1-9(2)16-12(15)8-14(3)11-6-4-10(13)5-7-11/h9-11H,4-8,13H2,1-3H3. The van der Waals surface area contributed by atoms with Crippen molar-refractivity contribution in [2.75, 3.05) is 13.6 Å². The Bertz CT molecular complexity index is 223. The Morgan fingerprint density at radius 3 is 2.44 bits per heavy atom. The summed E-state index contributed by atoms with van der Waals surface area (Å²) in [4.78, 5) is 13.6.